The smallest absolute Gasteiger partial charge is 0.271 e. The Morgan fingerprint density at radius 2 is 1.71 bits per heavy atom. The highest BCUT2D eigenvalue weighted by molar-refractivity contribution is 9.09. The molecule has 1 aromatic carbocycles. The number of aryl methyl sites for hydroxylation is 1. The van der Waals surface area contributed by atoms with Crippen LogP contribution in [0.15, 0.2) is 17.0 Å². The van der Waals surface area contributed by atoms with Crippen LogP contribution >= 0.6 is 31.9 Å². The van der Waals surface area contributed by atoms with Crippen LogP contribution < -0.4 is 4.90 Å². The molecule has 0 unspecified atom stereocenters. The quantitative estimate of drug-likeness (QED) is 0.271. The van der Waals surface area contributed by atoms with Crippen molar-refractivity contribution >= 4 is 53.3 Å². The van der Waals surface area contributed by atoms with E-state index in [4.69, 9.17) is 0 Å². The Morgan fingerprint density at radius 1 is 1.14 bits per heavy atom. The second-order valence-corrected chi connectivity index (χ2v) is 10.1. The lowest BCUT2D eigenvalue weighted by Gasteiger charge is -2.35. The molecule has 28 heavy (non-hydrogen) atoms. The molecular formula is C17H26Br2N4O4S. The molecule has 0 aliphatic carbocycles. The van der Waals surface area contributed by atoms with E-state index in [1.54, 1.807) is 6.92 Å². The SMILES string of the molecule is CCN1CCN(S(=O)(=O)c2cc([N+](=O)[O-])cc(C)c2N(CCBr)CCBr)CC1. The van der Waals surface area contributed by atoms with Crippen molar-refractivity contribution < 1.29 is 13.3 Å². The van der Waals surface area contributed by atoms with Crippen LogP contribution in [0.5, 0.6) is 0 Å². The summed E-state index contributed by atoms with van der Waals surface area (Å²) in [5.41, 5.74) is 0.925. The molecule has 0 aromatic heterocycles. The van der Waals surface area contributed by atoms with Gasteiger partial charge in [0.25, 0.3) is 5.69 Å². The van der Waals surface area contributed by atoms with Gasteiger partial charge in [-0.2, -0.15) is 4.31 Å². The molecule has 0 N–H and O–H groups in total. The van der Waals surface area contributed by atoms with E-state index in [0.717, 1.165) is 6.54 Å². The van der Waals surface area contributed by atoms with E-state index in [9.17, 15) is 18.5 Å². The topological polar surface area (TPSA) is 87.0 Å². The molecule has 158 valence electrons. The summed E-state index contributed by atoms with van der Waals surface area (Å²) in [5, 5.41) is 12.7. The number of piperazine rings is 1. The van der Waals surface area contributed by atoms with Crippen molar-refractivity contribution in [1.29, 1.82) is 0 Å². The number of nitro benzene ring substituents is 1. The highest BCUT2D eigenvalue weighted by Crippen LogP contribution is 2.35. The van der Waals surface area contributed by atoms with E-state index in [0.29, 0.717) is 61.2 Å². The standard InChI is InChI=1S/C17H26Br2N4O4S/c1-3-20-8-10-22(11-9-20)28(26,27)16-13-15(23(24)25)12-14(2)17(16)21(6-4-18)7-5-19/h12-13H,3-11H2,1-2H3. The van der Waals surface area contributed by atoms with Crippen LogP contribution in [0.2, 0.25) is 0 Å². The summed E-state index contributed by atoms with van der Waals surface area (Å²) in [6, 6.07) is 2.65. The second-order valence-electron chi connectivity index (χ2n) is 6.57. The van der Waals surface area contributed by atoms with Crippen LogP contribution in [-0.4, -0.2) is 79.0 Å². The minimum atomic E-state index is -3.85. The molecule has 1 fully saturated rings. The van der Waals surface area contributed by atoms with Gasteiger partial charge in [0.1, 0.15) is 4.90 Å². The fraction of sp³-hybridized carbons (Fsp3) is 0.647. The van der Waals surface area contributed by atoms with Gasteiger partial charge in [0.2, 0.25) is 10.0 Å². The fourth-order valence-electron chi connectivity index (χ4n) is 3.40. The summed E-state index contributed by atoms with van der Waals surface area (Å²) in [7, 11) is -3.85. The molecule has 0 atom stereocenters. The van der Waals surface area contributed by atoms with Crippen LogP contribution in [-0.2, 0) is 10.0 Å². The molecule has 0 bridgehead atoms. The molecule has 8 nitrogen and oxygen atoms in total. The van der Waals surface area contributed by atoms with Crippen molar-refractivity contribution in [3.63, 3.8) is 0 Å². The highest BCUT2D eigenvalue weighted by Gasteiger charge is 2.33. The van der Waals surface area contributed by atoms with E-state index >= 15 is 0 Å². The predicted molar refractivity (Wildman–Crippen MR) is 119 cm³/mol. The number of rotatable bonds is 9. The minimum Gasteiger partial charge on any atom is -0.369 e. The molecule has 1 aromatic rings. The third-order valence-electron chi connectivity index (χ3n) is 4.88. The van der Waals surface area contributed by atoms with E-state index in [2.05, 4.69) is 36.8 Å². The van der Waals surface area contributed by atoms with Gasteiger partial charge in [0.05, 0.1) is 10.6 Å². The zero-order chi connectivity index (χ0) is 20.9. The number of hydrogen-bond donors (Lipinski definition) is 0. The first-order valence-corrected chi connectivity index (χ1v) is 12.8. The van der Waals surface area contributed by atoms with Crippen molar-refractivity contribution in [2.75, 3.05) is 61.4 Å². The highest BCUT2D eigenvalue weighted by atomic mass is 79.9. The van der Waals surface area contributed by atoms with Crippen LogP contribution in [0.1, 0.15) is 12.5 Å². The maximum Gasteiger partial charge on any atom is 0.271 e. The van der Waals surface area contributed by atoms with E-state index in [-0.39, 0.29) is 10.6 Å². The fourth-order valence-corrected chi connectivity index (χ4v) is 5.98. The molecule has 2 rings (SSSR count). The van der Waals surface area contributed by atoms with Crippen molar-refractivity contribution in [3.8, 4) is 0 Å². The molecule has 1 saturated heterocycles. The number of anilines is 1. The first kappa shape index (κ1) is 23.5. The number of halogens is 2. The number of nitrogens with zero attached hydrogens (tertiary/aromatic N) is 4. The second kappa shape index (κ2) is 10.3. The number of benzene rings is 1. The van der Waals surface area contributed by atoms with E-state index < -0.39 is 14.9 Å². The molecule has 0 spiro atoms. The molecule has 0 radical (unpaired) electrons. The molecule has 1 aliphatic heterocycles. The van der Waals surface area contributed by atoms with Crippen LogP contribution in [0.4, 0.5) is 11.4 Å². The largest absolute Gasteiger partial charge is 0.369 e. The summed E-state index contributed by atoms with van der Waals surface area (Å²) in [4.78, 5) is 15.0. The summed E-state index contributed by atoms with van der Waals surface area (Å²) in [6.07, 6.45) is 0. The van der Waals surface area contributed by atoms with E-state index in [1.807, 2.05) is 11.8 Å². The maximum atomic E-state index is 13.5. The minimum absolute atomic E-state index is 0.0195. The molecule has 1 aliphatic rings. The molecular weight excluding hydrogens is 516 g/mol. The zero-order valence-corrected chi connectivity index (χ0v) is 20.1. The van der Waals surface area contributed by atoms with Gasteiger partial charge in [-0.25, -0.2) is 8.42 Å². The third-order valence-corrected chi connectivity index (χ3v) is 7.50. The monoisotopic (exact) mass is 540 g/mol. The normalized spacial score (nSPS) is 16.3. The number of nitro groups is 1. The number of hydrogen-bond acceptors (Lipinski definition) is 6. The Balaban J connectivity index is 2.57. The van der Waals surface area contributed by atoms with E-state index in [1.165, 1.54) is 16.4 Å². The summed E-state index contributed by atoms with van der Waals surface area (Å²) in [5.74, 6) is 0. The average Bonchev–Trinajstić information content (AvgIpc) is 2.67. The van der Waals surface area contributed by atoms with Crippen molar-refractivity contribution in [2.24, 2.45) is 0 Å². The zero-order valence-electron chi connectivity index (χ0n) is 16.1. The number of likely N-dealkylation sites (N-methyl/N-ethyl adjacent to an activating group) is 1. The lowest BCUT2D eigenvalue weighted by molar-refractivity contribution is -0.385. The first-order valence-electron chi connectivity index (χ1n) is 9.14. The Morgan fingerprint density at radius 3 is 2.18 bits per heavy atom. The summed E-state index contributed by atoms with van der Waals surface area (Å²) >= 11 is 6.83. The van der Waals surface area contributed by atoms with Gasteiger partial charge in [-0.15, -0.1) is 0 Å². The predicted octanol–water partition coefficient (Wildman–Crippen LogP) is 2.83. The van der Waals surface area contributed by atoms with Crippen LogP contribution in [0.25, 0.3) is 0 Å². The molecule has 11 heteroatoms. The van der Waals surface area contributed by atoms with Crippen molar-refractivity contribution in [1.82, 2.24) is 9.21 Å². The van der Waals surface area contributed by atoms with Crippen molar-refractivity contribution in [3.05, 3.63) is 27.8 Å². The summed E-state index contributed by atoms with van der Waals surface area (Å²) < 4.78 is 28.4. The van der Waals surface area contributed by atoms with Gasteiger partial charge in [-0.3, -0.25) is 10.1 Å². The van der Waals surface area contributed by atoms with Gasteiger partial charge in [-0.05, 0) is 19.0 Å². The lowest BCUT2D eigenvalue weighted by atomic mass is 10.1. The maximum absolute atomic E-state index is 13.5. The number of non-ortho nitro benzene ring substituents is 1. The average molecular weight is 542 g/mol. The molecule has 0 saturated carbocycles. The Labute approximate surface area is 183 Å². The Kier molecular flexibility index (Phi) is 8.68. The van der Waals surface area contributed by atoms with Crippen LogP contribution in [0.3, 0.4) is 0 Å². The van der Waals surface area contributed by atoms with Gasteiger partial charge in [0, 0.05) is 62.1 Å². The molecule has 1 heterocycles. The van der Waals surface area contributed by atoms with Gasteiger partial charge in [0.15, 0.2) is 0 Å². The van der Waals surface area contributed by atoms with Crippen LogP contribution in [0, 0.1) is 17.0 Å². The first-order chi connectivity index (χ1) is 13.3. The van der Waals surface area contributed by atoms with Gasteiger partial charge >= 0.3 is 0 Å². The Bertz CT molecular complexity index is 793. The lowest BCUT2D eigenvalue weighted by Crippen LogP contribution is -2.48. The van der Waals surface area contributed by atoms with Crippen molar-refractivity contribution in [2.45, 2.75) is 18.7 Å². The van der Waals surface area contributed by atoms with Gasteiger partial charge < -0.3 is 9.80 Å². The number of alkyl halides is 2. The Hall–Kier alpha value is -0.750. The third kappa shape index (κ3) is 5.24. The number of sulfonamides is 1. The van der Waals surface area contributed by atoms with Gasteiger partial charge in [-0.1, -0.05) is 38.8 Å². The molecule has 0 amide bonds. The summed E-state index contributed by atoms with van der Waals surface area (Å²) in [6.45, 7) is 7.92.